The molecular weight excluding hydrogens is 586 g/mol. The van der Waals surface area contributed by atoms with Gasteiger partial charge in [0.2, 0.25) is 0 Å². The average Bonchev–Trinajstić information content (AvgIpc) is 3.03. The van der Waals surface area contributed by atoms with Crippen molar-refractivity contribution in [3.05, 3.63) is 60.8 Å². The first-order valence-electron chi connectivity index (χ1n) is 9.68. The Bertz CT molecular complexity index is 1140. The van der Waals surface area contributed by atoms with E-state index in [1.54, 1.807) is 24.3 Å². The van der Waals surface area contributed by atoms with E-state index in [-0.39, 0.29) is 12.3 Å². The van der Waals surface area contributed by atoms with Gasteiger partial charge in [-0.1, -0.05) is 29.3 Å². The Labute approximate surface area is 213 Å². The molecule has 174 valence electrons. The summed E-state index contributed by atoms with van der Waals surface area (Å²) in [5.41, 5.74) is 1.47. The van der Waals surface area contributed by atoms with Crippen LogP contribution in [0.1, 0.15) is 18.1 Å². The molecule has 3 rings (SSSR count). The number of esters is 1. The second-order valence-corrected chi connectivity index (χ2v) is 8.73. The number of carbonyl (C=O) groups excluding carboxylic acids is 3. The molecule has 33 heavy (non-hydrogen) atoms. The highest BCUT2D eigenvalue weighted by molar-refractivity contribution is 14.1. The summed E-state index contributed by atoms with van der Waals surface area (Å²) < 4.78 is 17.0. The summed E-state index contributed by atoms with van der Waals surface area (Å²) >= 11 is 14.1. The predicted molar refractivity (Wildman–Crippen MR) is 131 cm³/mol. The molecule has 0 unspecified atom stereocenters. The van der Waals surface area contributed by atoms with Crippen LogP contribution in [-0.2, 0) is 20.9 Å². The molecule has 1 aliphatic heterocycles. The number of hydrogen-bond acceptors (Lipinski definition) is 6. The van der Waals surface area contributed by atoms with Crippen LogP contribution >= 0.6 is 45.8 Å². The molecule has 2 aromatic carbocycles. The summed E-state index contributed by atoms with van der Waals surface area (Å²) in [7, 11) is 1.18. The lowest BCUT2D eigenvalue weighted by Crippen LogP contribution is -2.36. The Kier molecular flexibility index (Phi) is 8.44. The number of carbonyl (C=O) groups is 3. The van der Waals surface area contributed by atoms with Gasteiger partial charge < -0.3 is 19.5 Å². The minimum atomic E-state index is -0.698. The van der Waals surface area contributed by atoms with Gasteiger partial charge in [0.15, 0.2) is 11.5 Å². The fourth-order valence-corrected chi connectivity index (χ4v) is 4.04. The molecule has 1 saturated heterocycles. The molecule has 8 nitrogen and oxygen atoms in total. The van der Waals surface area contributed by atoms with E-state index in [0.29, 0.717) is 33.7 Å². The Morgan fingerprint density at radius 3 is 2.58 bits per heavy atom. The first-order chi connectivity index (χ1) is 15.7. The first kappa shape index (κ1) is 25.1. The molecule has 0 saturated carbocycles. The van der Waals surface area contributed by atoms with Crippen LogP contribution in [0.25, 0.3) is 6.08 Å². The molecule has 0 spiro atoms. The SMILES string of the molecule is CCOc1cc(/C=C2/NC(=O)N(CC(=O)OC)C2=O)cc(I)c1OCc1ccc(Cl)c(Cl)c1. The van der Waals surface area contributed by atoms with Crippen LogP contribution in [0.2, 0.25) is 10.0 Å². The zero-order valence-corrected chi connectivity index (χ0v) is 21.3. The fourth-order valence-electron chi connectivity index (χ4n) is 2.93. The van der Waals surface area contributed by atoms with Crippen LogP contribution in [0.5, 0.6) is 11.5 Å². The van der Waals surface area contributed by atoms with Gasteiger partial charge in [0.25, 0.3) is 5.91 Å². The summed E-state index contributed by atoms with van der Waals surface area (Å²) in [6.07, 6.45) is 1.50. The van der Waals surface area contributed by atoms with Gasteiger partial charge in [0.05, 0.1) is 27.3 Å². The number of nitrogens with one attached hydrogen (secondary N) is 1. The lowest BCUT2D eigenvalue weighted by Gasteiger charge is -2.15. The number of ether oxygens (including phenoxy) is 3. The van der Waals surface area contributed by atoms with Crippen LogP contribution in [0.4, 0.5) is 4.79 Å². The van der Waals surface area contributed by atoms with Crippen molar-refractivity contribution < 1.29 is 28.6 Å². The Morgan fingerprint density at radius 2 is 1.91 bits per heavy atom. The summed E-state index contributed by atoms with van der Waals surface area (Å²) in [5.74, 6) is -0.325. The number of hydrogen-bond donors (Lipinski definition) is 1. The molecule has 1 fully saturated rings. The molecule has 1 aliphatic rings. The number of amides is 3. The van der Waals surface area contributed by atoms with E-state index in [1.807, 2.05) is 13.0 Å². The van der Waals surface area contributed by atoms with Crippen molar-refractivity contribution in [1.29, 1.82) is 0 Å². The van der Waals surface area contributed by atoms with E-state index in [2.05, 4.69) is 32.6 Å². The molecule has 1 N–H and O–H groups in total. The van der Waals surface area contributed by atoms with Gasteiger partial charge >= 0.3 is 12.0 Å². The van der Waals surface area contributed by atoms with E-state index in [1.165, 1.54) is 13.2 Å². The second kappa shape index (κ2) is 11.1. The third-order valence-corrected chi connectivity index (χ3v) is 6.03. The summed E-state index contributed by atoms with van der Waals surface area (Å²) in [4.78, 5) is 36.8. The largest absolute Gasteiger partial charge is 0.490 e. The molecule has 2 aromatic rings. The Balaban J connectivity index is 1.84. The van der Waals surface area contributed by atoms with Crippen LogP contribution in [0.15, 0.2) is 36.0 Å². The third-order valence-electron chi connectivity index (χ3n) is 4.49. The van der Waals surface area contributed by atoms with E-state index >= 15 is 0 Å². The molecule has 0 aliphatic carbocycles. The van der Waals surface area contributed by atoms with E-state index in [9.17, 15) is 14.4 Å². The first-order valence-corrected chi connectivity index (χ1v) is 11.5. The average molecular weight is 605 g/mol. The number of benzene rings is 2. The van der Waals surface area contributed by atoms with Crippen LogP contribution in [0.3, 0.4) is 0 Å². The maximum atomic E-state index is 12.5. The summed E-state index contributed by atoms with van der Waals surface area (Å²) in [6.45, 7) is 2.00. The highest BCUT2D eigenvalue weighted by Gasteiger charge is 2.35. The minimum Gasteiger partial charge on any atom is -0.490 e. The van der Waals surface area contributed by atoms with Gasteiger partial charge in [0.1, 0.15) is 18.8 Å². The molecule has 11 heteroatoms. The van der Waals surface area contributed by atoms with Crippen molar-refractivity contribution in [2.24, 2.45) is 0 Å². The number of nitrogens with zero attached hydrogens (tertiary/aromatic N) is 1. The van der Waals surface area contributed by atoms with Crippen LogP contribution in [-0.4, -0.2) is 43.1 Å². The van der Waals surface area contributed by atoms with E-state index in [0.717, 1.165) is 14.0 Å². The molecule has 0 atom stereocenters. The lowest BCUT2D eigenvalue weighted by atomic mass is 10.1. The molecule has 0 aromatic heterocycles. The highest BCUT2D eigenvalue weighted by atomic mass is 127. The van der Waals surface area contributed by atoms with Crippen molar-refractivity contribution in [2.75, 3.05) is 20.3 Å². The van der Waals surface area contributed by atoms with Gasteiger partial charge in [-0.2, -0.15) is 0 Å². The second-order valence-electron chi connectivity index (χ2n) is 6.76. The monoisotopic (exact) mass is 604 g/mol. The number of imide groups is 1. The lowest BCUT2D eigenvalue weighted by molar-refractivity contribution is -0.143. The van der Waals surface area contributed by atoms with Gasteiger partial charge in [0, 0.05) is 0 Å². The molecule has 1 heterocycles. The number of urea groups is 1. The Morgan fingerprint density at radius 1 is 1.15 bits per heavy atom. The van der Waals surface area contributed by atoms with E-state index in [4.69, 9.17) is 32.7 Å². The quantitative estimate of drug-likeness (QED) is 0.204. The zero-order chi connectivity index (χ0) is 24.1. The number of halogens is 3. The third kappa shape index (κ3) is 6.10. The Hall–Kier alpha value is -2.50. The van der Waals surface area contributed by atoms with E-state index < -0.39 is 24.5 Å². The number of rotatable bonds is 8. The predicted octanol–water partition coefficient (Wildman–Crippen LogP) is 4.64. The molecular formula is C22H19Cl2IN2O6. The molecule has 0 bridgehead atoms. The normalized spacial score (nSPS) is 14.5. The number of methoxy groups -OCH3 is 1. The highest BCUT2D eigenvalue weighted by Crippen LogP contribution is 2.36. The van der Waals surface area contributed by atoms with Gasteiger partial charge in [-0.05, 0) is 71.0 Å². The topological polar surface area (TPSA) is 94.2 Å². The van der Waals surface area contributed by atoms with Gasteiger partial charge in [-0.15, -0.1) is 0 Å². The van der Waals surface area contributed by atoms with Gasteiger partial charge in [-0.25, -0.2) is 9.69 Å². The van der Waals surface area contributed by atoms with Crippen molar-refractivity contribution in [3.63, 3.8) is 0 Å². The van der Waals surface area contributed by atoms with Crippen molar-refractivity contribution in [1.82, 2.24) is 10.2 Å². The summed E-state index contributed by atoms with van der Waals surface area (Å²) in [6, 6.07) is 8.02. The van der Waals surface area contributed by atoms with Gasteiger partial charge in [-0.3, -0.25) is 9.59 Å². The smallest absolute Gasteiger partial charge is 0.329 e. The molecule has 3 amide bonds. The van der Waals surface area contributed by atoms with Crippen molar-refractivity contribution in [2.45, 2.75) is 13.5 Å². The maximum absolute atomic E-state index is 12.5. The minimum absolute atomic E-state index is 0.0339. The van der Waals surface area contributed by atoms with Crippen LogP contribution < -0.4 is 14.8 Å². The van der Waals surface area contributed by atoms with Crippen molar-refractivity contribution in [3.8, 4) is 11.5 Å². The van der Waals surface area contributed by atoms with Crippen molar-refractivity contribution >= 4 is 69.8 Å². The summed E-state index contributed by atoms with van der Waals surface area (Å²) in [5, 5.41) is 3.36. The standard InChI is InChI=1S/C22H19Cl2IN2O6/c1-3-32-18-9-13(8-17-21(29)27(22(30)26-17)10-19(28)31-2)7-16(25)20(18)33-11-12-4-5-14(23)15(24)6-12/h4-9H,3,10-11H2,1-2H3,(H,26,30)/b17-8+. The van der Waals surface area contributed by atoms with Crippen LogP contribution in [0, 0.1) is 3.57 Å². The maximum Gasteiger partial charge on any atom is 0.329 e. The fraction of sp³-hybridized carbons (Fsp3) is 0.227. The molecule has 0 radical (unpaired) electrons. The zero-order valence-electron chi connectivity index (χ0n) is 17.6.